The van der Waals surface area contributed by atoms with Crippen LogP contribution in [0.15, 0.2) is 18.2 Å². The number of hydrogen-bond acceptors (Lipinski definition) is 3. The van der Waals surface area contributed by atoms with Crippen LogP contribution in [0.4, 0.5) is 10.2 Å². The highest BCUT2D eigenvalue weighted by molar-refractivity contribution is 14.1. The van der Waals surface area contributed by atoms with Gasteiger partial charge in [0, 0.05) is 12.1 Å². The van der Waals surface area contributed by atoms with Gasteiger partial charge in [-0.05, 0) is 53.6 Å². The third-order valence-corrected chi connectivity index (χ3v) is 4.42. The Morgan fingerprint density at radius 2 is 2.05 bits per heavy atom. The Balaban J connectivity index is 2.49. The molecule has 1 aromatic heterocycles. The molecule has 1 aromatic carbocycles. The van der Waals surface area contributed by atoms with E-state index in [1.54, 1.807) is 6.07 Å². The number of anilines is 1. The van der Waals surface area contributed by atoms with Crippen molar-refractivity contribution in [2.45, 2.75) is 26.7 Å². The minimum absolute atomic E-state index is 0.101. The molecule has 3 nitrogen and oxygen atoms in total. The summed E-state index contributed by atoms with van der Waals surface area (Å²) in [6.07, 6.45) is 1.80. The zero-order chi connectivity index (χ0) is 15.4. The maximum atomic E-state index is 13.6. The van der Waals surface area contributed by atoms with Crippen LogP contribution in [0, 0.1) is 9.39 Å². The number of nitrogens with one attached hydrogen (secondary N) is 1. The molecule has 0 aliphatic heterocycles. The van der Waals surface area contributed by atoms with E-state index in [1.165, 1.54) is 12.1 Å². The van der Waals surface area contributed by atoms with Gasteiger partial charge in [0.1, 0.15) is 11.6 Å². The highest BCUT2D eigenvalue weighted by Gasteiger charge is 2.13. The molecule has 0 saturated heterocycles. The highest BCUT2D eigenvalue weighted by Crippen LogP contribution is 2.26. The van der Waals surface area contributed by atoms with Crippen molar-refractivity contribution in [2.24, 2.45) is 0 Å². The first-order valence-corrected chi connectivity index (χ1v) is 8.28. The predicted octanol–water partition coefficient (Wildman–Crippen LogP) is 4.93. The van der Waals surface area contributed by atoms with Gasteiger partial charge in [0.2, 0.25) is 0 Å². The fraction of sp³-hybridized carbons (Fsp3) is 0.333. The van der Waals surface area contributed by atoms with Crippen LogP contribution in [-0.2, 0) is 6.42 Å². The van der Waals surface area contributed by atoms with Gasteiger partial charge in [-0.2, -0.15) is 0 Å². The van der Waals surface area contributed by atoms with Gasteiger partial charge in [-0.1, -0.05) is 25.4 Å². The van der Waals surface area contributed by atoms with Crippen molar-refractivity contribution < 1.29 is 4.39 Å². The second-order valence-corrected chi connectivity index (χ2v) is 6.05. The first-order chi connectivity index (χ1) is 10.1. The molecule has 0 aliphatic carbocycles. The molecular weight excluding hydrogens is 404 g/mol. The quantitative estimate of drug-likeness (QED) is 0.699. The maximum Gasteiger partial charge on any atom is 0.161 e. The van der Waals surface area contributed by atoms with E-state index < -0.39 is 5.82 Å². The van der Waals surface area contributed by atoms with Crippen LogP contribution in [0.1, 0.15) is 26.0 Å². The average molecular weight is 420 g/mol. The normalized spacial score (nSPS) is 10.7. The maximum absolute atomic E-state index is 13.6. The van der Waals surface area contributed by atoms with E-state index in [0.29, 0.717) is 11.4 Å². The summed E-state index contributed by atoms with van der Waals surface area (Å²) in [6.45, 7) is 4.97. The third-order valence-electron chi connectivity index (χ3n) is 2.97. The van der Waals surface area contributed by atoms with Crippen molar-refractivity contribution in [3.63, 3.8) is 0 Å². The molecule has 0 bridgehead atoms. The first kappa shape index (κ1) is 16.4. The fourth-order valence-corrected chi connectivity index (χ4v) is 2.78. The Hall–Kier alpha value is -0.950. The zero-order valence-corrected chi connectivity index (χ0v) is 14.8. The van der Waals surface area contributed by atoms with E-state index in [0.717, 1.165) is 34.5 Å². The molecule has 0 spiro atoms. The van der Waals surface area contributed by atoms with Crippen molar-refractivity contribution in [3.05, 3.63) is 38.3 Å². The predicted molar refractivity (Wildman–Crippen MR) is 93.3 cm³/mol. The Bertz CT molecular complexity index is 649. The lowest BCUT2D eigenvalue weighted by atomic mass is 10.2. The summed E-state index contributed by atoms with van der Waals surface area (Å²) in [5, 5.41) is 3.40. The summed E-state index contributed by atoms with van der Waals surface area (Å²) in [5.74, 6) is 0.855. The molecule has 0 atom stereocenters. The summed E-state index contributed by atoms with van der Waals surface area (Å²) in [4.78, 5) is 9.05. The van der Waals surface area contributed by atoms with Gasteiger partial charge in [-0.25, -0.2) is 14.4 Å². The van der Waals surface area contributed by atoms with E-state index in [4.69, 9.17) is 11.6 Å². The lowest BCUT2D eigenvalue weighted by molar-refractivity contribution is 0.628. The van der Waals surface area contributed by atoms with Crippen molar-refractivity contribution >= 4 is 40.0 Å². The van der Waals surface area contributed by atoms with Crippen LogP contribution in [0.2, 0.25) is 5.02 Å². The number of hydrogen-bond donors (Lipinski definition) is 1. The Labute approximate surface area is 142 Å². The molecule has 2 rings (SSSR count). The second-order valence-electron chi connectivity index (χ2n) is 4.57. The molecule has 1 heterocycles. The zero-order valence-electron chi connectivity index (χ0n) is 11.9. The van der Waals surface area contributed by atoms with E-state index in [2.05, 4.69) is 44.8 Å². The summed E-state index contributed by atoms with van der Waals surface area (Å²) >= 11 is 7.97. The van der Waals surface area contributed by atoms with Gasteiger partial charge in [0.05, 0.1) is 14.3 Å². The molecule has 21 heavy (non-hydrogen) atoms. The van der Waals surface area contributed by atoms with Gasteiger partial charge in [0.25, 0.3) is 0 Å². The lowest BCUT2D eigenvalue weighted by Crippen LogP contribution is -2.09. The van der Waals surface area contributed by atoms with Crippen LogP contribution in [-0.4, -0.2) is 16.5 Å². The number of halogens is 3. The molecule has 0 fully saturated rings. The van der Waals surface area contributed by atoms with Gasteiger partial charge in [-0.3, -0.25) is 0 Å². The van der Waals surface area contributed by atoms with Gasteiger partial charge < -0.3 is 5.32 Å². The number of benzene rings is 1. The Morgan fingerprint density at radius 1 is 1.29 bits per heavy atom. The van der Waals surface area contributed by atoms with E-state index in [9.17, 15) is 4.39 Å². The summed E-state index contributed by atoms with van der Waals surface area (Å²) in [6, 6.07) is 4.63. The van der Waals surface area contributed by atoms with E-state index in [-0.39, 0.29) is 5.02 Å². The van der Waals surface area contributed by atoms with E-state index in [1.807, 2.05) is 6.92 Å². The summed E-state index contributed by atoms with van der Waals surface area (Å²) in [7, 11) is 0. The van der Waals surface area contributed by atoms with Crippen molar-refractivity contribution in [3.8, 4) is 11.4 Å². The molecule has 1 N–H and O–H groups in total. The van der Waals surface area contributed by atoms with Crippen molar-refractivity contribution in [1.29, 1.82) is 0 Å². The second kappa shape index (κ2) is 7.35. The fourth-order valence-electron chi connectivity index (χ4n) is 1.85. The van der Waals surface area contributed by atoms with Crippen LogP contribution in [0.5, 0.6) is 0 Å². The minimum Gasteiger partial charge on any atom is -0.369 e. The van der Waals surface area contributed by atoms with Crippen LogP contribution >= 0.6 is 34.2 Å². The van der Waals surface area contributed by atoms with Crippen LogP contribution in [0.25, 0.3) is 11.4 Å². The molecule has 0 saturated carbocycles. The Morgan fingerprint density at radius 3 is 2.67 bits per heavy atom. The molecule has 0 aliphatic rings. The number of aryl methyl sites for hydroxylation is 1. The topological polar surface area (TPSA) is 37.8 Å². The van der Waals surface area contributed by atoms with Gasteiger partial charge in [0.15, 0.2) is 5.82 Å². The molecule has 0 amide bonds. The molecule has 0 radical (unpaired) electrons. The monoisotopic (exact) mass is 419 g/mol. The smallest absolute Gasteiger partial charge is 0.161 e. The highest BCUT2D eigenvalue weighted by atomic mass is 127. The van der Waals surface area contributed by atoms with Crippen molar-refractivity contribution in [2.75, 3.05) is 11.9 Å². The van der Waals surface area contributed by atoms with Gasteiger partial charge >= 0.3 is 0 Å². The molecule has 0 unspecified atom stereocenters. The summed E-state index contributed by atoms with van der Waals surface area (Å²) in [5.41, 5.74) is 1.58. The lowest BCUT2D eigenvalue weighted by Gasteiger charge is -2.12. The summed E-state index contributed by atoms with van der Waals surface area (Å²) < 4.78 is 14.6. The molecule has 112 valence electrons. The number of rotatable bonds is 5. The number of nitrogens with zero attached hydrogens (tertiary/aromatic N) is 2. The van der Waals surface area contributed by atoms with Crippen molar-refractivity contribution in [1.82, 2.24) is 9.97 Å². The van der Waals surface area contributed by atoms with E-state index >= 15 is 0 Å². The third kappa shape index (κ3) is 3.83. The molecule has 6 heteroatoms. The number of aromatic nitrogens is 2. The Kier molecular flexibility index (Phi) is 5.75. The largest absolute Gasteiger partial charge is 0.369 e. The van der Waals surface area contributed by atoms with Gasteiger partial charge in [-0.15, -0.1) is 0 Å². The standard InChI is InChI=1S/C15H16ClFIN3/c1-3-7-19-15-13(18)12(4-2)20-14(21-15)9-5-6-10(16)11(17)8-9/h5-6,8H,3-4,7H2,1-2H3,(H,19,20,21). The average Bonchev–Trinajstić information content (AvgIpc) is 2.49. The molecular formula is C15H16ClFIN3. The first-order valence-electron chi connectivity index (χ1n) is 6.82. The minimum atomic E-state index is -0.461. The van der Waals surface area contributed by atoms with Crippen LogP contribution < -0.4 is 5.32 Å². The van der Waals surface area contributed by atoms with Crippen LogP contribution in [0.3, 0.4) is 0 Å². The molecule has 2 aromatic rings. The SMILES string of the molecule is CCCNc1nc(-c2ccc(Cl)c(F)c2)nc(CC)c1I.